The summed E-state index contributed by atoms with van der Waals surface area (Å²) in [4.78, 5) is 4.44. The predicted molar refractivity (Wildman–Crippen MR) is 332 cm³/mol. The zero-order chi connectivity index (χ0) is 53.2. The smallest absolute Gasteiger partial charge is 0.123 e. The summed E-state index contributed by atoms with van der Waals surface area (Å²) in [7, 11) is 4.22. The van der Waals surface area contributed by atoms with Crippen molar-refractivity contribution in [2.45, 2.75) is 0 Å². The lowest BCUT2D eigenvalue weighted by Gasteiger charge is -2.20. The summed E-state index contributed by atoms with van der Waals surface area (Å²) >= 11 is 0. The van der Waals surface area contributed by atoms with E-state index in [0.717, 1.165) is 50.6 Å². The van der Waals surface area contributed by atoms with Crippen LogP contribution in [0.3, 0.4) is 0 Å². The summed E-state index contributed by atoms with van der Waals surface area (Å²) in [5, 5.41) is 4.90. The Labute approximate surface area is 460 Å². The molecule has 0 aliphatic rings. The lowest BCUT2D eigenvalue weighted by molar-refractivity contribution is 0.627. The average Bonchev–Trinajstić information content (AvgIpc) is 4.20. The van der Waals surface area contributed by atoms with E-state index in [1.165, 1.54) is 83.8 Å². The second-order valence-corrected chi connectivity index (χ2v) is 20.0. The molecule has 2 heterocycles. The van der Waals surface area contributed by atoms with E-state index in [0.29, 0.717) is 0 Å². The Kier molecular flexibility index (Phi) is 12.9. The summed E-state index contributed by atoms with van der Waals surface area (Å²) in [6.07, 6.45) is 0. The minimum atomic E-state index is -0.231. The molecule has 14 rings (SSSR count). The van der Waals surface area contributed by atoms with Gasteiger partial charge in [-0.15, -0.1) is 0 Å². The molecule has 5 heteroatoms. The largest absolute Gasteiger partial charge is 0.345 e. The first-order chi connectivity index (χ1) is 38.9. The number of rotatable bonds is 10. The fourth-order valence-corrected chi connectivity index (χ4v) is 11.1. The first kappa shape index (κ1) is 48.4. The third-order valence-electron chi connectivity index (χ3n) is 15.3. The Balaban J connectivity index is 0.000000150. The van der Waals surface area contributed by atoms with Gasteiger partial charge in [0.2, 0.25) is 0 Å². The van der Waals surface area contributed by atoms with E-state index in [4.69, 9.17) is 0 Å². The van der Waals surface area contributed by atoms with E-state index in [-0.39, 0.29) is 5.82 Å². The van der Waals surface area contributed by atoms with Crippen molar-refractivity contribution in [1.82, 2.24) is 9.13 Å². The van der Waals surface area contributed by atoms with E-state index in [1.54, 1.807) is 0 Å². The average molecular weight is 1020 g/mol. The number of halogens is 1. The summed E-state index contributed by atoms with van der Waals surface area (Å²) in [5.41, 5.74) is 21.0. The molecule has 12 aromatic carbocycles. The van der Waals surface area contributed by atoms with Gasteiger partial charge < -0.3 is 18.9 Å². The number of anilines is 4. The zero-order valence-electron chi connectivity index (χ0n) is 44.0. The molecule has 14 aromatic rings. The summed E-state index contributed by atoms with van der Waals surface area (Å²) < 4.78 is 18.2. The van der Waals surface area contributed by atoms with Gasteiger partial charge in [-0.1, -0.05) is 176 Å². The van der Waals surface area contributed by atoms with Crippen molar-refractivity contribution in [2.24, 2.45) is 0 Å². The predicted octanol–water partition coefficient (Wildman–Crippen LogP) is 19.9. The summed E-state index contributed by atoms with van der Waals surface area (Å²) in [6.45, 7) is 0. The highest BCUT2D eigenvalue weighted by molar-refractivity contribution is 6.11. The lowest BCUT2D eigenvalue weighted by atomic mass is 10.0. The molecule has 0 N–H and O–H groups in total. The first-order valence-corrected chi connectivity index (χ1v) is 26.8. The van der Waals surface area contributed by atoms with Gasteiger partial charge in [-0.2, -0.15) is 0 Å². The van der Waals surface area contributed by atoms with Gasteiger partial charge >= 0.3 is 0 Å². The molecule has 0 radical (unpaired) electrons. The van der Waals surface area contributed by atoms with Crippen LogP contribution >= 0.6 is 0 Å². The maximum atomic E-state index is 13.6. The van der Waals surface area contributed by atoms with E-state index < -0.39 is 0 Å². The van der Waals surface area contributed by atoms with Crippen molar-refractivity contribution >= 4 is 66.4 Å². The standard InChI is InChI=1S/C37H27FN2.C37H28N2/c1-39(31-18-11-27(12-19-31)26-7-3-2-4-8-26)32-20-13-28(14-21-32)29-15-24-37-35(25-29)34-9-5-6-10-36(34)40(37)33-22-16-30(38)17-23-33;1-38(31-21-16-28(17-22-31)27-10-4-2-5-11-27)32-23-18-29(19-24-32)30-20-25-37-35(26-30)34-14-8-9-15-36(34)39(37)33-12-6-3-7-13-33/h2-25H,1H3;2-26H,1H3. The maximum Gasteiger partial charge on any atom is 0.123 e. The number of para-hydroxylation sites is 3. The molecule has 0 saturated carbocycles. The van der Waals surface area contributed by atoms with Crippen molar-refractivity contribution in [3.8, 4) is 55.9 Å². The van der Waals surface area contributed by atoms with Crippen LogP contribution in [0.2, 0.25) is 0 Å². The minimum Gasteiger partial charge on any atom is -0.345 e. The van der Waals surface area contributed by atoms with Gasteiger partial charge in [0.05, 0.1) is 22.1 Å². The van der Waals surface area contributed by atoms with Crippen LogP contribution in [0.1, 0.15) is 0 Å². The van der Waals surface area contributed by atoms with Crippen LogP contribution in [-0.2, 0) is 0 Å². The second-order valence-electron chi connectivity index (χ2n) is 20.0. The zero-order valence-corrected chi connectivity index (χ0v) is 44.0. The summed E-state index contributed by atoms with van der Waals surface area (Å²) in [5.74, 6) is -0.231. The monoisotopic (exact) mass is 1020 g/mol. The molecule has 0 spiro atoms. The van der Waals surface area contributed by atoms with Crippen LogP contribution in [0.4, 0.5) is 27.1 Å². The molecule has 0 amide bonds. The SMILES string of the molecule is CN(c1ccc(-c2ccccc2)cc1)c1ccc(-c2ccc3c(c2)c2ccccc2n3-c2ccc(F)cc2)cc1.CN(c1ccc(-c2ccccc2)cc1)c1ccc(-c2ccc3c(c2)c2ccccc2n3-c2ccccc2)cc1. The van der Waals surface area contributed by atoms with Crippen molar-refractivity contribution in [3.63, 3.8) is 0 Å². The highest BCUT2D eigenvalue weighted by Gasteiger charge is 2.16. The quantitative estimate of drug-likeness (QED) is 0.136. The Morgan fingerprint density at radius 1 is 0.241 bits per heavy atom. The molecular formula is C74H55FN4. The molecular weight excluding hydrogens is 964 g/mol. The van der Waals surface area contributed by atoms with Gasteiger partial charge in [0, 0.05) is 69.8 Å². The topological polar surface area (TPSA) is 16.3 Å². The molecule has 0 saturated heterocycles. The van der Waals surface area contributed by atoms with Gasteiger partial charge in [-0.05, 0) is 166 Å². The van der Waals surface area contributed by atoms with Crippen LogP contribution in [0, 0.1) is 5.82 Å². The van der Waals surface area contributed by atoms with Crippen molar-refractivity contribution in [2.75, 3.05) is 23.9 Å². The Hall–Kier alpha value is -10.2. The molecule has 378 valence electrons. The number of hydrogen-bond donors (Lipinski definition) is 0. The van der Waals surface area contributed by atoms with Crippen LogP contribution in [-0.4, -0.2) is 23.2 Å². The van der Waals surface area contributed by atoms with Crippen LogP contribution in [0.15, 0.2) is 297 Å². The van der Waals surface area contributed by atoms with Gasteiger partial charge in [-0.3, -0.25) is 0 Å². The molecule has 0 atom stereocenters. The fraction of sp³-hybridized carbons (Fsp3) is 0.0270. The molecule has 0 bridgehead atoms. The fourth-order valence-electron chi connectivity index (χ4n) is 11.1. The number of nitrogens with zero attached hydrogens (tertiary/aromatic N) is 4. The number of benzene rings is 12. The van der Waals surface area contributed by atoms with Crippen LogP contribution in [0.5, 0.6) is 0 Å². The number of fused-ring (bicyclic) bond motifs is 6. The highest BCUT2D eigenvalue weighted by atomic mass is 19.1. The van der Waals surface area contributed by atoms with E-state index in [9.17, 15) is 4.39 Å². The van der Waals surface area contributed by atoms with Gasteiger partial charge in [0.25, 0.3) is 0 Å². The van der Waals surface area contributed by atoms with E-state index >= 15 is 0 Å². The number of hydrogen-bond acceptors (Lipinski definition) is 2. The molecule has 2 aromatic heterocycles. The van der Waals surface area contributed by atoms with Crippen molar-refractivity contribution in [1.29, 1.82) is 0 Å². The number of aromatic nitrogens is 2. The Bertz CT molecular complexity index is 4400. The van der Waals surface area contributed by atoms with Crippen molar-refractivity contribution < 1.29 is 4.39 Å². The Morgan fingerprint density at radius 3 is 0.899 bits per heavy atom. The molecule has 0 fully saturated rings. The summed E-state index contributed by atoms with van der Waals surface area (Å²) in [6, 6.07) is 104. The molecule has 4 nitrogen and oxygen atoms in total. The lowest BCUT2D eigenvalue weighted by Crippen LogP contribution is -2.08. The van der Waals surface area contributed by atoms with Gasteiger partial charge in [0.15, 0.2) is 0 Å². The first-order valence-electron chi connectivity index (χ1n) is 26.8. The minimum absolute atomic E-state index is 0.231. The molecule has 79 heavy (non-hydrogen) atoms. The van der Waals surface area contributed by atoms with Crippen LogP contribution < -0.4 is 9.80 Å². The third kappa shape index (κ3) is 9.49. The highest BCUT2D eigenvalue weighted by Crippen LogP contribution is 2.38. The van der Waals surface area contributed by atoms with Crippen LogP contribution in [0.25, 0.3) is 99.5 Å². The molecule has 0 unspecified atom stereocenters. The van der Waals surface area contributed by atoms with E-state index in [1.807, 2.05) is 24.3 Å². The van der Waals surface area contributed by atoms with Gasteiger partial charge in [-0.25, -0.2) is 4.39 Å². The Morgan fingerprint density at radius 2 is 0.519 bits per heavy atom. The van der Waals surface area contributed by atoms with Gasteiger partial charge in [0.1, 0.15) is 5.82 Å². The normalized spacial score (nSPS) is 11.2. The van der Waals surface area contributed by atoms with E-state index in [2.05, 4.69) is 294 Å². The third-order valence-corrected chi connectivity index (χ3v) is 15.3. The maximum absolute atomic E-state index is 13.6. The molecule has 0 aliphatic carbocycles. The molecule has 0 aliphatic heterocycles. The second kappa shape index (κ2) is 21.1. The van der Waals surface area contributed by atoms with Crippen molar-refractivity contribution in [3.05, 3.63) is 303 Å².